The molecule has 0 aliphatic heterocycles. The van der Waals surface area contributed by atoms with E-state index in [2.05, 4.69) is 31.0 Å². The van der Waals surface area contributed by atoms with Gasteiger partial charge in [-0.05, 0) is 48.0 Å². The molecule has 0 spiro atoms. The first kappa shape index (κ1) is 19.4. The Kier molecular flexibility index (Phi) is 8.32. The number of carbonyl (C=O) groups excluding carboxylic acids is 1. The Bertz CT molecular complexity index is 295. The smallest absolute Gasteiger partial charge is 0.237 e. The van der Waals surface area contributed by atoms with Crippen LogP contribution in [0.2, 0.25) is 0 Å². The highest BCUT2D eigenvalue weighted by Crippen LogP contribution is 2.19. The van der Waals surface area contributed by atoms with Crippen LogP contribution in [0.5, 0.6) is 0 Å². The number of hydrogen-bond donors (Lipinski definition) is 2. The van der Waals surface area contributed by atoms with Crippen LogP contribution in [0.1, 0.15) is 48.0 Å². The lowest BCUT2D eigenvalue weighted by atomic mass is 9.90. The zero-order chi connectivity index (χ0) is 15.9. The Hall–Kier alpha value is -0.650. The fraction of sp³-hybridized carbons (Fsp3) is 0.933. The summed E-state index contributed by atoms with van der Waals surface area (Å²) < 4.78 is 5.17. The van der Waals surface area contributed by atoms with Crippen molar-refractivity contribution in [2.75, 3.05) is 20.3 Å². The molecule has 0 aliphatic carbocycles. The van der Waals surface area contributed by atoms with Crippen molar-refractivity contribution in [1.29, 1.82) is 0 Å². The lowest BCUT2D eigenvalue weighted by Gasteiger charge is -2.38. The van der Waals surface area contributed by atoms with Gasteiger partial charge in [0.15, 0.2) is 0 Å². The number of methoxy groups -OCH3 is 1. The Morgan fingerprint density at radius 1 is 1.30 bits per heavy atom. The minimum absolute atomic E-state index is 0.214. The number of carbonyl (C=O) groups is 1. The summed E-state index contributed by atoms with van der Waals surface area (Å²) in [6, 6.07) is 0.858. The summed E-state index contributed by atoms with van der Waals surface area (Å²) in [7, 11) is 1.71. The number of hydrogen-bond acceptors (Lipinski definition) is 4. The van der Waals surface area contributed by atoms with E-state index in [9.17, 15) is 4.79 Å². The van der Waals surface area contributed by atoms with Crippen LogP contribution in [-0.2, 0) is 9.53 Å². The number of nitrogens with two attached hydrogens (primary N) is 1. The summed E-state index contributed by atoms with van der Waals surface area (Å²) in [6.45, 7) is 13.9. The highest BCUT2D eigenvalue weighted by atomic mass is 16.5. The van der Waals surface area contributed by atoms with Gasteiger partial charge in [0.25, 0.3) is 0 Å². The van der Waals surface area contributed by atoms with Gasteiger partial charge >= 0.3 is 0 Å². The summed E-state index contributed by atoms with van der Waals surface area (Å²) in [4.78, 5) is 14.2. The monoisotopic (exact) mass is 287 g/mol. The predicted molar refractivity (Wildman–Crippen MR) is 83.7 cm³/mol. The van der Waals surface area contributed by atoms with Gasteiger partial charge in [0.05, 0.1) is 12.1 Å². The third-order valence-corrected chi connectivity index (χ3v) is 3.64. The summed E-state index contributed by atoms with van der Waals surface area (Å²) in [5, 5.41) is 3.30. The maximum Gasteiger partial charge on any atom is 0.237 e. The van der Waals surface area contributed by atoms with Gasteiger partial charge in [0.1, 0.15) is 0 Å². The van der Waals surface area contributed by atoms with Crippen LogP contribution in [0.3, 0.4) is 0 Å². The van der Waals surface area contributed by atoms with Crippen molar-refractivity contribution in [1.82, 2.24) is 10.2 Å². The molecule has 120 valence electrons. The van der Waals surface area contributed by atoms with Gasteiger partial charge < -0.3 is 15.8 Å². The maximum atomic E-state index is 11.8. The molecule has 0 aromatic rings. The van der Waals surface area contributed by atoms with Crippen molar-refractivity contribution >= 4 is 5.91 Å². The fourth-order valence-electron chi connectivity index (χ4n) is 2.76. The van der Waals surface area contributed by atoms with Crippen LogP contribution in [0, 0.1) is 0 Å². The van der Waals surface area contributed by atoms with Crippen LogP contribution >= 0.6 is 0 Å². The zero-order valence-electron chi connectivity index (χ0n) is 14.2. The highest BCUT2D eigenvalue weighted by Gasteiger charge is 2.35. The van der Waals surface area contributed by atoms with Crippen molar-refractivity contribution in [2.24, 2.45) is 5.73 Å². The first-order valence-corrected chi connectivity index (χ1v) is 7.46. The maximum absolute atomic E-state index is 11.8. The van der Waals surface area contributed by atoms with Crippen molar-refractivity contribution < 1.29 is 9.53 Å². The molecule has 0 fully saturated rings. The average Bonchev–Trinajstić information content (AvgIpc) is 2.27. The van der Waals surface area contributed by atoms with E-state index in [-0.39, 0.29) is 18.0 Å². The second kappa shape index (κ2) is 8.60. The first-order valence-electron chi connectivity index (χ1n) is 7.46. The Balaban J connectivity index is 4.86. The van der Waals surface area contributed by atoms with E-state index >= 15 is 0 Å². The van der Waals surface area contributed by atoms with Gasteiger partial charge in [0.2, 0.25) is 5.91 Å². The number of rotatable bonds is 10. The second-order valence-corrected chi connectivity index (χ2v) is 6.37. The first-order chi connectivity index (χ1) is 9.14. The molecule has 0 saturated carbocycles. The molecule has 0 heterocycles. The lowest BCUT2D eigenvalue weighted by molar-refractivity contribution is -0.125. The van der Waals surface area contributed by atoms with E-state index in [0.717, 1.165) is 6.54 Å². The SMILES string of the molecule is COCCN(C(C)C)C(C)CC(C)(NC(C)C)C(N)=O. The Morgan fingerprint density at radius 3 is 2.20 bits per heavy atom. The lowest BCUT2D eigenvalue weighted by Crippen LogP contribution is -2.58. The number of ether oxygens (including phenoxy) is 1. The van der Waals surface area contributed by atoms with Crippen molar-refractivity contribution in [3.8, 4) is 0 Å². The average molecular weight is 287 g/mol. The quantitative estimate of drug-likeness (QED) is 0.637. The molecule has 2 unspecified atom stereocenters. The molecule has 5 nitrogen and oxygen atoms in total. The molecular formula is C15H33N3O2. The number of primary amides is 1. The second-order valence-electron chi connectivity index (χ2n) is 6.37. The van der Waals surface area contributed by atoms with Crippen molar-refractivity contribution in [3.05, 3.63) is 0 Å². The van der Waals surface area contributed by atoms with E-state index < -0.39 is 5.54 Å². The normalized spacial score (nSPS) is 16.7. The fourth-order valence-corrected chi connectivity index (χ4v) is 2.76. The molecule has 20 heavy (non-hydrogen) atoms. The minimum atomic E-state index is -0.687. The molecule has 0 rings (SSSR count). The van der Waals surface area contributed by atoms with Crippen molar-refractivity contribution in [3.63, 3.8) is 0 Å². The van der Waals surface area contributed by atoms with Gasteiger partial charge in [-0.1, -0.05) is 0 Å². The third kappa shape index (κ3) is 6.20. The number of amides is 1. The van der Waals surface area contributed by atoms with Gasteiger partial charge in [-0.15, -0.1) is 0 Å². The van der Waals surface area contributed by atoms with E-state index in [4.69, 9.17) is 10.5 Å². The van der Waals surface area contributed by atoms with Crippen LogP contribution in [0.4, 0.5) is 0 Å². The summed E-state index contributed by atoms with van der Waals surface area (Å²) in [6.07, 6.45) is 0.683. The van der Waals surface area contributed by atoms with Gasteiger partial charge in [-0.3, -0.25) is 9.69 Å². The minimum Gasteiger partial charge on any atom is -0.383 e. The number of nitrogens with one attached hydrogen (secondary N) is 1. The molecule has 1 amide bonds. The summed E-state index contributed by atoms with van der Waals surface area (Å²) in [5.41, 5.74) is 4.91. The molecule has 0 aromatic carbocycles. The van der Waals surface area contributed by atoms with Gasteiger partial charge in [-0.2, -0.15) is 0 Å². The van der Waals surface area contributed by atoms with E-state index in [1.165, 1.54) is 0 Å². The van der Waals surface area contributed by atoms with Crippen LogP contribution in [0.15, 0.2) is 0 Å². The zero-order valence-corrected chi connectivity index (χ0v) is 14.2. The predicted octanol–water partition coefficient (Wildman–Crippen LogP) is 1.36. The summed E-state index contributed by atoms with van der Waals surface area (Å²) >= 11 is 0. The molecule has 0 aromatic heterocycles. The Labute approximate surface area is 124 Å². The van der Waals surface area contributed by atoms with Crippen LogP contribution in [0.25, 0.3) is 0 Å². The molecule has 3 N–H and O–H groups in total. The van der Waals surface area contributed by atoms with Crippen LogP contribution < -0.4 is 11.1 Å². The van der Waals surface area contributed by atoms with Crippen molar-refractivity contribution in [2.45, 2.75) is 71.6 Å². The molecule has 2 atom stereocenters. The Morgan fingerprint density at radius 2 is 1.85 bits per heavy atom. The molecule has 0 bridgehead atoms. The molecule has 0 radical (unpaired) electrons. The topological polar surface area (TPSA) is 67.6 Å². The standard InChI is InChI=1S/C15H33N3O2/c1-11(2)17-15(6,14(16)19)10-13(5)18(12(3)4)8-9-20-7/h11-13,17H,8-10H2,1-7H3,(H2,16,19). The molecule has 0 aliphatic rings. The molecule has 0 saturated heterocycles. The number of nitrogens with zero attached hydrogens (tertiary/aromatic N) is 1. The van der Waals surface area contributed by atoms with Gasteiger partial charge in [0, 0.05) is 31.8 Å². The van der Waals surface area contributed by atoms with E-state index in [1.54, 1.807) is 7.11 Å². The molecular weight excluding hydrogens is 254 g/mol. The largest absolute Gasteiger partial charge is 0.383 e. The third-order valence-electron chi connectivity index (χ3n) is 3.64. The van der Waals surface area contributed by atoms with E-state index in [0.29, 0.717) is 19.1 Å². The van der Waals surface area contributed by atoms with Crippen LogP contribution in [-0.4, -0.2) is 54.7 Å². The van der Waals surface area contributed by atoms with Gasteiger partial charge in [-0.25, -0.2) is 0 Å². The molecule has 5 heteroatoms. The highest BCUT2D eigenvalue weighted by molar-refractivity contribution is 5.84. The summed E-state index contributed by atoms with van der Waals surface area (Å²) in [5.74, 6) is -0.298. The van der Waals surface area contributed by atoms with E-state index in [1.807, 2.05) is 20.8 Å².